The number of ether oxygens (including phenoxy) is 1. The van der Waals surface area contributed by atoms with Gasteiger partial charge in [-0.3, -0.25) is 0 Å². The van der Waals surface area contributed by atoms with Crippen LogP contribution in [0, 0.1) is 5.82 Å². The van der Waals surface area contributed by atoms with Crippen molar-refractivity contribution in [3.8, 4) is 17.1 Å². The summed E-state index contributed by atoms with van der Waals surface area (Å²) >= 11 is 13.9. The predicted molar refractivity (Wildman–Crippen MR) is 125 cm³/mol. The molecule has 0 saturated carbocycles. The number of para-hydroxylation sites is 1. The Kier molecular flexibility index (Phi) is 5.87. The number of rotatable bonds is 4. The van der Waals surface area contributed by atoms with Crippen LogP contribution in [0.2, 0.25) is 10.0 Å². The second kappa shape index (κ2) is 8.94. The Hall–Kier alpha value is -2.87. The molecule has 3 aromatic carbocycles. The minimum Gasteiger partial charge on any atom is -0.448 e. The van der Waals surface area contributed by atoms with Crippen molar-refractivity contribution in [2.45, 2.75) is 17.1 Å². The van der Waals surface area contributed by atoms with E-state index in [9.17, 15) is 4.39 Å². The Bertz CT molecular complexity index is 1290. The molecule has 0 amide bonds. The average molecular weight is 485 g/mol. The quantitative estimate of drug-likeness (QED) is 0.322. The third kappa shape index (κ3) is 4.11. The van der Waals surface area contributed by atoms with Crippen LogP contribution in [-0.4, -0.2) is 15.2 Å². The summed E-state index contributed by atoms with van der Waals surface area (Å²) in [6.45, 7) is 0. The molecule has 0 fully saturated rings. The van der Waals surface area contributed by atoms with Gasteiger partial charge in [0.05, 0.1) is 10.6 Å². The Labute approximate surface area is 198 Å². The van der Waals surface area contributed by atoms with E-state index in [0.29, 0.717) is 27.3 Å². The molecular formula is C23H15Cl2FN4OS. The van der Waals surface area contributed by atoms with Crippen molar-refractivity contribution in [2.24, 2.45) is 0 Å². The van der Waals surface area contributed by atoms with Crippen LogP contribution in [0.15, 0.2) is 71.9 Å². The van der Waals surface area contributed by atoms with E-state index in [1.165, 1.54) is 17.8 Å². The summed E-state index contributed by atoms with van der Waals surface area (Å²) in [5.41, 5.74) is 3.08. The van der Waals surface area contributed by atoms with E-state index >= 15 is 0 Å². The summed E-state index contributed by atoms with van der Waals surface area (Å²) in [6.07, 6.45) is -0.899. The van der Waals surface area contributed by atoms with Crippen molar-refractivity contribution in [3.63, 3.8) is 0 Å². The fourth-order valence-electron chi connectivity index (χ4n) is 3.36. The summed E-state index contributed by atoms with van der Waals surface area (Å²) in [5.74, 6) is 0.326. The topological polar surface area (TPSA) is 59.9 Å². The maximum Gasteiger partial charge on any atom is 0.247 e. The fraction of sp³-hybridized carbons (Fsp3) is 0.0870. The van der Waals surface area contributed by atoms with Crippen LogP contribution in [0.4, 0.5) is 10.1 Å². The van der Waals surface area contributed by atoms with Crippen LogP contribution in [0.25, 0.3) is 11.3 Å². The predicted octanol–water partition coefficient (Wildman–Crippen LogP) is 6.78. The number of hydrogen-bond donors (Lipinski definition) is 1. The fourth-order valence-corrected chi connectivity index (χ4v) is 4.68. The summed E-state index contributed by atoms with van der Waals surface area (Å²) in [6, 6.07) is 19.6. The van der Waals surface area contributed by atoms with Gasteiger partial charge in [0.1, 0.15) is 5.82 Å². The molecule has 1 aliphatic rings. The lowest BCUT2D eigenvalue weighted by molar-refractivity contribution is 0.220. The maximum absolute atomic E-state index is 14.7. The van der Waals surface area contributed by atoms with E-state index in [4.69, 9.17) is 27.9 Å². The molecule has 0 spiro atoms. The monoisotopic (exact) mass is 484 g/mol. The largest absolute Gasteiger partial charge is 0.448 e. The van der Waals surface area contributed by atoms with Gasteiger partial charge in [-0.2, -0.15) is 4.98 Å². The van der Waals surface area contributed by atoms with Crippen LogP contribution < -0.4 is 10.1 Å². The number of fused-ring (bicyclic) bond motifs is 3. The number of benzene rings is 3. The molecule has 4 aromatic rings. The van der Waals surface area contributed by atoms with Crippen LogP contribution >= 0.6 is 35.0 Å². The van der Waals surface area contributed by atoms with Crippen molar-refractivity contribution in [2.75, 3.05) is 5.32 Å². The molecule has 0 saturated heterocycles. The maximum atomic E-state index is 14.7. The molecule has 2 heterocycles. The van der Waals surface area contributed by atoms with Gasteiger partial charge in [0.15, 0.2) is 5.69 Å². The molecule has 9 heteroatoms. The molecule has 0 aliphatic carbocycles. The third-order valence-electron chi connectivity index (χ3n) is 4.91. The highest BCUT2D eigenvalue weighted by Gasteiger charge is 2.29. The van der Waals surface area contributed by atoms with Gasteiger partial charge < -0.3 is 10.1 Å². The molecule has 0 radical (unpaired) electrons. The zero-order valence-corrected chi connectivity index (χ0v) is 18.8. The van der Waals surface area contributed by atoms with E-state index < -0.39 is 12.0 Å². The highest BCUT2D eigenvalue weighted by atomic mass is 35.5. The molecule has 160 valence electrons. The van der Waals surface area contributed by atoms with Crippen molar-refractivity contribution in [1.29, 1.82) is 0 Å². The molecule has 5 rings (SSSR count). The first-order valence-electron chi connectivity index (χ1n) is 9.67. The van der Waals surface area contributed by atoms with Gasteiger partial charge >= 0.3 is 0 Å². The molecule has 32 heavy (non-hydrogen) atoms. The third-order valence-corrected chi connectivity index (χ3v) is 6.49. The second-order valence-corrected chi connectivity index (χ2v) is 8.71. The van der Waals surface area contributed by atoms with E-state index in [1.807, 2.05) is 48.5 Å². The molecule has 1 aliphatic heterocycles. The molecule has 1 atom stereocenters. The minimum absolute atomic E-state index is 0.195. The number of nitrogens with zero attached hydrogens (tertiary/aromatic N) is 3. The smallest absolute Gasteiger partial charge is 0.247 e. The highest BCUT2D eigenvalue weighted by Crippen LogP contribution is 2.41. The number of thioether (sulfide) groups is 1. The number of hydrogen-bond acceptors (Lipinski definition) is 6. The van der Waals surface area contributed by atoms with Gasteiger partial charge in [-0.1, -0.05) is 77.4 Å². The lowest BCUT2D eigenvalue weighted by Crippen LogP contribution is -2.19. The number of aromatic nitrogens is 3. The van der Waals surface area contributed by atoms with Crippen molar-refractivity contribution in [1.82, 2.24) is 15.2 Å². The van der Waals surface area contributed by atoms with Gasteiger partial charge in [-0.25, -0.2) is 4.39 Å². The minimum atomic E-state index is -0.899. The Morgan fingerprint density at radius 1 is 0.938 bits per heavy atom. The van der Waals surface area contributed by atoms with Gasteiger partial charge in [0, 0.05) is 22.0 Å². The molecule has 0 bridgehead atoms. The first kappa shape index (κ1) is 21.0. The standard InChI is InChI=1S/C23H15Cl2FN4OS/c24-15-8-3-1-6-13(15)12-32-23-28-22-20(29-30-23)14-7-2-4-11-18(14)27-21(31-22)19-16(25)9-5-10-17(19)26/h1-11,21,27H,12H2. The van der Waals surface area contributed by atoms with Crippen LogP contribution in [0.5, 0.6) is 5.88 Å². The normalized spacial score (nSPS) is 14.5. The number of anilines is 1. The highest BCUT2D eigenvalue weighted by molar-refractivity contribution is 7.98. The van der Waals surface area contributed by atoms with Gasteiger partial charge in [-0.05, 0) is 29.8 Å². The van der Waals surface area contributed by atoms with E-state index in [1.54, 1.807) is 12.1 Å². The van der Waals surface area contributed by atoms with Crippen LogP contribution in [0.3, 0.4) is 0 Å². The first-order valence-corrected chi connectivity index (χ1v) is 11.4. The lowest BCUT2D eigenvalue weighted by Gasteiger charge is -2.20. The van der Waals surface area contributed by atoms with E-state index in [-0.39, 0.29) is 16.5 Å². The zero-order valence-electron chi connectivity index (χ0n) is 16.4. The number of nitrogens with one attached hydrogen (secondary N) is 1. The van der Waals surface area contributed by atoms with Crippen molar-refractivity contribution in [3.05, 3.63) is 93.7 Å². The van der Waals surface area contributed by atoms with Gasteiger partial charge in [0.2, 0.25) is 17.3 Å². The van der Waals surface area contributed by atoms with Crippen molar-refractivity contribution >= 4 is 40.7 Å². The Balaban J connectivity index is 1.53. The summed E-state index contributed by atoms with van der Waals surface area (Å²) in [4.78, 5) is 4.57. The number of halogens is 3. The Morgan fingerprint density at radius 2 is 1.72 bits per heavy atom. The molecule has 1 aromatic heterocycles. The molecule has 1 N–H and O–H groups in total. The SMILES string of the molecule is Fc1cccc(Cl)c1C1Nc2ccccc2-c2nnc(SCc3ccccc3Cl)nc2O1. The van der Waals surface area contributed by atoms with Crippen molar-refractivity contribution < 1.29 is 9.13 Å². The van der Waals surface area contributed by atoms with E-state index in [0.717, 1.165) is 11.1 Å². The first-order chi connectivity index (χ1) is 15.6. The second-order valence-electron chi connectivity index (χ2n) is 6.95. The van der Waals surface area contributed by atoms with Crippen LogP contribution in [0.1, 0.15) is 17.4 Å². The summed E-state index contributed by atoms with van der Waals surface area (Å²) < 4.78 is 20.8. The van der Waals surface area contributed by atoms with Crippen LogP contribution in [-0.2, 0) is 5.75 Å². The van der Waals surface area contributed by atoms with Gasteiger partial charge in [0.25, 0.3) is 0 Å². The molecular weight excluding hydrogens is 470 g/mol. The summed E-state index contributed by atoms with van der Waals surface area (Å²) in [7, 11) is 0. The zero-order chi connectivity index (χ0) is 22.1. The lowest BCUT2D eigenvalue weighted by atomic mass is 10.1. The average Bonchev–Trinajstić information content (AvgIpc) is 2.95. The van der Waals surface area contributed by atoms with Gasteiger partial charge in [-0.15, -0.1) is 10.2 Å². The molecule has 5 nitrogen and oxygen atoms in total. The summed E-state index contributed by atoms with van der Waals surface area (Å²) in [5, 5.41) is 13.2. The van der Waals surface area contributed by atoms with E-state index in [2.05, 4.69) is 20.5 Å². The molecule has 1 unspecified atom stereocenters. The Morgan fingerprint density at radius 3 is 2.56 bits per heavy atom.